The van der Waals surface area contributed by atoms with Gasteiger partial charge in [0, 0.05) is 24.2 Å². The predicted molar refractivity (Wildman–Crippen MR) is 124 cm³/mol. The van der Waals surface area contributed by atoms with Gasteiger partial charge < -0.3 is 34.9 Å². The SMILES string of the molecule is COC(=O)CCNC(=O)c1cc(OCCNC(=O)OC(C)(C)C)cc(C(=O)NCCC(=O)OC)c1. The molecule has 35 heavy (non-hydrogen) atoms. The van der Waals surface area contributed by atoms with Crippen LogP contribution in [-0.4, -0.2) is 75.9 Å². The molecular weight excluding hydrogens is 462 g/mol. The van der Waals surface area contributed by atoms with E-state index in [1.165, 1.54) is 32.4 Å². The molecule has 1 aromatic carbocycles. The van der Waals surface area contributed by atoms with E-state index in [0.717, 1.165) is 0 Å². The number of carbonyl (C=O) groups is 5. The zero-order valence-corrected chi connectivity index (χ0v) is 20.6. The lowest BCUT2D eigenvalue weighted by molar-refractivity contribution is -0.141. The van der Waals surface area contributed by atoms with Crippen molar-refractivity contribution in [2.45, 2.75) is 39.2 Å². The Bertz CT molecular complexity index is 858. The number of carbonyl (C=O) groups excluding carboxylic acids is 5. The summed E-state index contributed by atoms with van der Waals surface area (Å²) in [4.78, 5) is 59.3. The standard InChI is InChI=1S/C23H33N3O9/c1-23(2,3)35-22(31)26-10-11-34-17-13-15(20(29)24-8-6-18(27)32-4)12-16(14-17)21(30)25-9-7-19(28)33-5/h12-14H,6-11H2,1-5H3,(H,24,29)(H,25,30)(H,26,31). The Hall–Kier alpha value is -3.83. The molecule has 0 aliphatic heterocycles. The van der Waals surface area contributed by atoms with Gasteiger partial charge in [-0.15, -0.1) is 0 Å². The zero-order chi connectivity index (χ0) is 26.4. The number of alkyl carbamates (subject to hydrolysis) is 1. The number of rotatable bonds is 12. The number of methoxy groups -OCH3 is 2. The number of nitrogens with one attached hydrogen (secondary N) is 3. The van der Waals surface area contributed by atoms with Crippen LogP contribution in [-0.2, 0) is 23.8 Å². The van der Waals surface area contributed by atoms with E-state index in [-0.39, 0.29) is 56.0 Å². The van der Waals surface area contributed by atoms with Crippen LogP contribution in [0.4, 0.5) is 4.79 Å². The highest BCUT2D eigenvalue weighted by atomic mass is 16.6. The lowest BCUT2D eigenvalue weighted by Gasteiger charge is -2.19. The molecular formula is C23H33N3O9. The van der Waals surface area contributed by atoms with Gasteiger partial charge in [-0.25, -0.2) is 4.79 Å². The van der Waals surface area contributed by atoms with Crippen molar-refractivity contribution >= 4 is 29.8 Å². The highest BCUT2D eigenvalue weighted by molar-refractivity contribution is 6.00. The van der Waals surface area contributed by atoms with E-state index >= 15 is 0 Å². The van der Waals surface area contributed by atoms with Gasteiger partial charge in [0.25, 0.3) is 11.8 Å². The van der Waals surface area contributed by atoms with Crippen molar-refractivity contribution in [3.63, 3.8) is 0 Å². The van der Waals surface area contributed by atoms with Crippen LogP contribution >= 0.6 is 0 Å². The van der Waals surface area contributed by atoms with Crippen molar-refractivity contribution in [3.8, 4) is 5.75 Å². The van der Waals surface area contributed by atoms with Gasteiger partial charge in [-0.3, -0.25) is 19.2 Å². The second-order valence-corrected chi connectivity index (χ2v) is 8.19. The first-order chi connectivity index (χ1) is 16.4. The normalized spacial score (nSPS) is 10.5. The fraction of sp³-hybridized carbons (Fsp3) is 0.522. The molecule has 3 amide bonds. The summed E-state index contributed by atoms with van der Waals surface area (Å²) >= 11 is 0. The molecule has 0 spiro atoms. The Balaban J connectivity index is 2.86. The van der Waals surface area contributed by atoms with Crippen molar-refractivity contribution in [2.75, 3.05) is 40.5 Å². The van der Waals surface area contributed by atoms with E-state index < -0.39 is 35.4 Å². The zero-order valence-electron chi connectivity index (χ0n) is 20.6. The topological polar surface area (TPSA) is 158 Å². The van der Waals surface area contributed by atoms with Gasteiger partial charge in [-0.2, -0.15) is 0 Å². The van der Waals surface area contributed by atoms with E-state index in [2.05, 4.69) is 25.4 Å². The van der Waals surface area contributed by atoms with Gasteiger partial charge in [-0.1, -0.05) is 0 Å². The van der Waals surface area contributed by atoms with Crippen LogP contribution in [0.25, 0.3) is 0 Å². The minimum absolute atomic E-state index is 0.0182. The van der Waals surface area contributed by atoms with Crippen LogP contribution in [0.1, 0.15) is 54.3 Å². The van der Waals surface area contributed by atoms with Crippen LogP contribution < -0.4 is 20.7 Å². The summed E-state index contributed by atoms with van der Waals surface area (Å²) in [6.45, 7) is 5.45. The largest absolute Gasteiger partial charge is 0.492 e. The second-order valence-electron chi connectivity index (χ2n) is 8.19. The third kappa shape index (κ3) is 12.3. The average Bonchev–Trinajstić information content (AvgIpc) is 2.80. The van der Waals surface area contributed by atoms with E-state index in [4.69, 9.17) is 9.47 Å². The van der Waals surface area contributed by atoms with Crippen LogP contribution in [0, 0.1) is 0 Å². The van der Waals surface area contributed by atoms with Gasteiger partial charge in [0.1, 0.15) is 18.0 Å². The maximum Gasteiger partial charge on any atom is 0.407 e. The van der Waals surface area contributed by atoms with Crippen molar-refractivity contribution in [3.05, 3.63) is 29.3 Å². The first-order valence-electron chi connectivity index (χ1n) is 10.9. The molecule has 1 aromatic rings. The molecule has 3 N–H and O–H groups in total. The van der Waals surface area contributed by atoms with Crippen molar-refractivity contribution in [1.29, 1.82) is 0 Å². The summed E-state index contributed by atoms with van der Waals surface area (Å²) in [6, 6.07) is 4.20. The molecule has 12 heteroatoms. The average molecular weight is 496 g/mol. The van der Waals surface area contributed by atoms with Gasteiger partial charge in [0.05, 0.1) is 33.6 Å². The first kappa shape index (κ1) is 29.2. The summed E-state index contributed by atoms with van der Waals surface area (Å²) in [6.07, 6.45) is -0.642. The Morgan fingerprint density at radius 2 is 1.23 bits per heavy atom. The number of ether oxygens (including phenoxy) is 4. The quantitative estimate of drug-likeness (QED) is 0.220. The van der Waals surface area contributed by atoms with Crippen molar-refractivity contribution < 1.29 is 42.9 Å². The van der Waals surface area contributed by atoms with Crippen molar-refractivity contribution in [2.24, 2.45) is 0 Å². The summed E-state index contributed by atoms with van der Waals surface area (Å²) < 4.78 is 19.8. The highest BCUT2D eigenvalue weighted by Gasteiger charge is 2.17. The van der Waals surface area contributed by atoms with Crippen molar-refractivity contribution in [1.82, 2.24) is 16.0 Å². The van der Waals surface area contributed by atoms with Gasteiger partial charge in [-0.05, 0) is 39.0 Å². The van der Waals surface area contributed by atoms with Gasteiger partial charge >= 0.3 is 18.0 Å². The van der Waals surface area contributed by atoms with Crippen LogP contribution in [0.5, 0.6) is 5.75 Å². The molecule has 0 radical (unpaired) electrons. The molecule has 0 saturated carbocycles. The molecule has 0 saturated heterocycles. The fourth-order valence-corrected chi connectivity index (χ4v) is 2.55. The summed E-state index contributed by atoms with van der Waals surface area (Å²) in [7, 11) is 2.49. The molecule has 0 heterocycles. The molecule has 0 aromatic heterocycles. The smallest absolute Gasteiger partial charge is 0.407 e. The van der Waals surface area contributed by atoms with Crippen LogP contribution in [0.15, 0.2) is 18.2 Å². The molecule has 1 rings (SSSR count). The Morgan fingerprint density at radius 1 is 0.743 bits per heavy atom. The summed E-state index contributed by atoms with van der Waals surface area (Å²) in [5.74, 6) is -1.82. The lowest BCUT2D eigenvalue weighted by Crippen LogP contribution is -2.34. The minimum Gasteiger partial charge on any atom is -0.492 e. The fourth-order valence-electron chi connectivity index (χ4n) is 2.55. The Kier molecular flexibility index (Phi) is 12.0. The van der Waals surface area contributed by atoms with Crippen LogP contribution in [0.2, 0.25) is 0 Å². The number of benzene rings is 1. The van der Waals surface area contributed by atoms with E-state index in [0.29, 0.717) is 0 Å². The molecule has 0 unspecified atom stereocenters. The molecule has 194 valence electrons. The summed E-state index contributed by atoms with van der Waals surface area (Å²) in [5, 5.41) is 7.67. The Labute approximate surface area is 204 Å². The lowest BCUT2D eigenvalue weighted by atomic mass is 10.1. The number of amides is 3. The van der Waals surface area contributed by atoms with E-state index in [1.807, 2.05) is 0 Å². The maximum absolute atomic E-state index is 12.6. The number of esters is 2. The highest BCUT2D eigenvalue weighted by Crippen LogP contribution is 2.18. The summed E-state index contributed by atoms with van der Waals surface area (Å²) in [5.41, 5.74) is -0.410. The second kappa shape index (κ2) is 14.4. The third-order valence-corrected chi connectivity index (χ3v) is 4.15. The first-order valence-corrected chi connectivity index (χ1v) is 10.9. The monoisotopic (exact) mass is 495 g/mol. The van der Waals surface area contributed by atoms with Crippen LogP contribution in [0.3, 0.4) is 0 Å². The molecule has 0 aliphatic rings. The number of hydrogen-bond acceptors (Lipinski definition) is 9. The predicted octanol–water partition coefficient (Wildman–Crippen LogP) is 1.18. The van der Waals surface area contributed by atoms with Gasteiger partial charge in [0.15, 0.2) is 0 Å². The molecule has 0 fully saturated rings. The van der Waals surface area contributed by atoms with Gasteiger partial charge in [0.2, 0.25) is 0 Å². The maximum atomic E-state index is 12.6. The Morgan fingerprint density at radius 3 is 1.66 bits per heavy atom. The molecule has 0 atom stereocenters. The minimum atomic E-state index is -0.642. The number of hydrogen-bond donors (Lipinski definition) is 3. The van der Waals surface area contributed by atoms with E-state index in [9.17, 15) is 24.0 Å². The van der Waals surface area contributed by atoms with E-state index in [1.54, 1.807) is 20.8 Å². The molecule has 12 nitrogen and oxygen atoms in total. The molecule has 0 bridgehead atoms. The third-order valence-electron chi connectivity index (χ3n) is 4.15. The molecule has 0 aliphatic carbocycles.